The van der Waals surface area contributed by atoms with E-state index >= 15 is 0 Å². The van der Waals surface area contributed by atoms with Crippen LogP contribution >= 0.6 is 0 Å². The van der Waals surface area contributed by atoms with Crippen molar-refractivity contribution in [1.82, 2.24) is 4.90 Å². The lowest BCUT2D eigenvalue weighted by molar-refractivity contribution is -0.163. The number of allylic oxidation sites excluding steroid dienone is 3. The molecule has 1 aliphatic carbocycles. The molecular formula is C22H27NO3. The molecule has 1 N–H and O–H groups in total. The number of carboxylic acid groups (broad SMARTS) is 1. The highest BCUT2D eigenvalue weighted by Gasteiger charge is 2.55. The number of carboxylic acids is 1. The summed E-state index contributed by atoms with van der Waals surface area (Å²) in [4.78, 5) is 27.4. The van der Waals surface area contributed by atoms with Gasteiger partial charge in [0.15, 0.2) is 0 Å². The third kappa shape index (κ3) is 3.09. The lowest BCUT2D eigenvalue weighted by Crippen LogP contribution is -2.55. The van der Waals surface area contributed by atoms with E-state index in [1.807, 2.05) is 53.5 Å². The molecule has 1 aliphatic heterocycles. The number of likely N-dealkylation sites (tertiary alicyclic amines) is 1. The molecule has 0 radical (unpaired) electrons. The minimum absolute atomic E-state index is 0.0517. The number of aliphatic carboxylic acids is 1. The second-order valence-corrected chi connectivity index (χ2v) is 7.82. The lowest BCUT2D eigenvalue weighted by Gasteiger charge is -2.45. The second-order valence-electron chi connectivity index (χ2n) is 7.82. The summed E-state index contributed by atoms with van der Waals surface area (Å²) in [6.07, 6.45) is 9.30. The first kappa shape index (κ1) is 18.4. The van der Waals surface area contributed by atoms with E-state index in [4.69, 9.17) is 0 Å². The van der Waals surface area contributed by atoms with Gasteiger partial charge in [0.1, 0.15) is 0 Å². The van der Waals surface area contributed by atoms with E-state index in [1.165, 1.54) is 0 Å². The van der Waals surface area contributed by atoms with Crippen LogP contribution in [0.15, 0.2) is 48.6 Å². The number of nitrogens with zero attached hydrogens (tertiary/aromatic N) is 1. The molecule has 1 atom stereocenters. The van der Waals surface area contributed by atoms with Gasteiger partial charge in [-0.1, -0.05) is 48.6 Å². The Morgan fingerprint density at radius 3 is 2.27 bits per heavy atom. The summed E-state index contributed by atoms with van der Waals surface area (Å²) in [5.41, 5.74) is -0.115. The van der Waals surface area contributed by atoms with Gasteiger partial charge in [0.2, 0.25) is 5.91 Å². The standard InChI is InChI=1S/C22H27NO3/c1-21(2,20(25)26)22(19(24)23-15-7-4-8-16-23)13-11-18(12-14-22)17-9-5-3-6-10-17/h3,5-6,9-13H,4,7-8,14-16H2,1-2H3,(H,25,26). The first-order valence-electron chi connectivity index (χ1n) is 9.36. The molecule has 1 amide bonds. The number of benzene rings is 1. The summed E-state index contributed by atoms with van der Waals surface area (Å²) in [6.45, 7) is 4.78. The topological polar surface area (TPSA) is 57.6 Å². The van der Waals surface area contributed by atoms with Gasteiger partial charge in [-0.3, -0.25) is 9.59 Å². The van der Waals surface area contributed by atoms with Crippen molar-refractivity contribution in [3.63, 3.8) is 0 Å². The van der Waals surface area contributed by atoms with E-state index in [-0.39, 0.29) is 5.91 Å². The molecule has 1 heterocycles. The molecule has 1 unspecified atom stereocenters. The molecule has 0 bridgehead atoms. The number of carbonyl (C=O) groups excluding carboxylic acids is 1. The van der Waals surface area contributed by atoms with Gasteiger partial charge >= 0.3 is 5.97 Å². The van der Waals surface area contributed by atoms with Crippen molar-refractivity contribution in [3.05, 3.63) is 54.1 Å². The zero-order chi connectivity index (χ0) is 18.8. The molecule has 1 aromatic carbocycles. The number of carbonyl (C=O) groups is 2. The van der Waals surface area contributed by atoms with Crippen molar-refractivity contribution in [2.75, 3.05) is 13.1 Å². The van der Waals surface area contributed by atoms with E-state index in [2.05, 4.69) is 0 Å². The fraction of sp³-hybridized carbons (Fsp3) is 0.455. The monoisotopic (exact) mass is 353 g/mol. The average Bonchev–Trinajstić information content (AvgIpc) is 2.68. The van der Waals surface area contributed by atoms with Gasteiger partial charge < -0.3 is 10.0 Å². The van der Waals surface area contributed by atoms with Crippen LogP contribution in [0.5, 0.6) is 0 Å². The Kier molecular flexibility index (Phi) is 5.03. The first-order chi connectivity index (χ1) is 12.4. The molecular weight excluding hydrogens is 326 g/mol. The summed E-state index contributed by atoms with van der Waals surface area (Å²) in [6, 6.07) is 9.97. The maximum absolute atomic E-state index is 13.5. The Bertz CT molecular complexity index is 742. The van der Waals surface area contributed by atoms with Crippen molar-refractivity contribution in [2.24, 2.45) is 10.8 Å². The van der Waals surface area contributed by atoms with Crippen LogP contribution < -0.4 is 0 Å². The maximum Gasteiger partial charge on any atom is 0.310 e. The van der Waals surface area contributed by atoms with Gasteiger partial charge in [-0.15, -0.1) is 0 Å². The highest BCUT2D eigenvalue weighted by atomic mass is 16.4. The molecule has 1 fully saturated rings. The van der Waals surface area contributed by atoms with Crippen LogP contribution in [0.3, 0.4) is 0 Å². The van der Waals surface area contributed by atoms with Crippen LogP contribution in [0, 0.1) is 10.8 Å². The summed E-state index contributed by atoms with van der Waals surface area (Å²) >= 11 is 0. The lowest BCUT2D eigenvalue weighted by atomic mass is 9.60. The molecule has 26 heavy (non-hydrogen) atoms. The van der Waals surface area contributed by atoms with Crippen LogP contribution in [-0.4, -0.2) is 35.0 Å². The molecule has 2 aliphatic rings. The molecule has 0 spiro atoms. The number of hydrogen-bond acceptors (Lipinski definition) is 2. The molecule has 0 saturated carbocycles. The summed E-state index contributed by atoms with van der Waals surface area (Å²) in [5, 5.41) is 9.86. The molecule has 4 heteroatoms. The van der Waals surface area contributed by atoms with Gasteiger partial charge in [-0.05, 0) is 50.7 Å². The van der Waals surface area contributed by atoms with Crippen molar-refractivity contribution in [2.45, 2.75) is 39.5 Å². The van der Waals surface area contributed by atoms with E-state index < -0.39 is 16.8 Å². The quantitative estimate of drug-likeness (QED) is 0.885. The van der Waals surface area contributed by atoms with Gasteiger partial charge in [0.05, 0.1) is 10.8 Å². The fourth-order valence-corrected chi connectivity index (χ4v) is 3.94. The van der Waals surface area contributed by atoms with Gasteiger partial charge in [-0.2, -0.15) is 0 Å². The molecule has 1 aromatic rings. The zero-order valence-corrected chi connectivity index (χ0v) is 15.6. The van der Waals surface area contributed by atoms with Crippen molar-refractivity contribution in [3.8, 4) is 0 Å². The predicted octanol–water partition coefficient (Wildman–Crippen LogP) is 4.14. The van der Waals surface area contributed by atoms with E-state index in [0.717, 1.165) is 43.5 Å². The number of rotatable bonds is 4. The van der Waals surface area contributed by atoms with Crippen molar-refractivity contribution in [1.29, 1.82) is 0 Å². The Hall–Kier alpha value is -2.36. The summed E-state index contributed by atoms with van der Waals surface area (Å²) in [7, 11) is 0. The highest BCUT2D eigenvalue weighted by Crippen LogP contribution is 2.48. The van der Waals surface area contributed by atoms with Crippen molar-refractivity contribution >= 4 is 17.4 Å². The molecule has 138 valence electrons. The van der Waals surface area contributed by atoms with Gasteiger partial charge in [-0.25, -0.2) is 0 Å². The van der Waals surface area contributed by atoms with E-state index in [9.17, 15) is 14.7 Å². The summed E-state index contributed by atoms with van der Waals surface area (Å²) < 4.78 is 0. The Balaban J connectivity index is 1.96. The Labute approximate surface area is 155 Å². The summed E-state index contributed by atoms with van der Waals surface area (Å²) in [5.74, 6) is -0.992. The predicted molar refractivity (Wildman–Crippen MR) is 102 cm³/mol. The first-order valence-corrected chi connectivity index (χ1v) is 9.36. The number of amides is 1. The zero-order valence-electron chi connectivity index (χ0n) is 15.6. The molecule has 4 nitrogen and oxygen atoms in total. The number of hydrogen-bond donors (Lipinski definition) is 1. The average molecular weight is 353 g/mol. The highest BCUT2D eigenvalue weighted by molar-refractivity contribution is 5.94. The van der Waals surface area contributed by atoms with Crippen LogP contribution in [0.25, 0.3) is 5.57 Å². The SMILES string of the molecule is CC(C)(C(=O)O)C1(C(=O)N2CCCCC2)C=CC(c2ccccc2)=CC1. The van der Waals surface area contributed by atoms with Gasteiger partial charge in [0.25, 0.3) is 0 Å². The van der Waals surface area contributed by atoms with Gasteiger partial charge in [0, 0.05) is 13.1 Å². The van der Waals surface area contributed by atoms with Crippen molar-refractivity contribution < 1.29 is 14.7 Å². The maximum atomic E-state index is 13.5. The molecule has 1 saturated heterocycles. The minimum atomic E-state index is -1.18. The largest absolute Gasteiger partial charge is 0.481 e. The fourth-order valence-electron chi connectivity index (χ4n) is 3.94. The number of piperidine rings is 1. The normalized spacial score (nSPS) is 23.5. The Morgan fingerprint density at radius 2 is 1.73 bits per heavy atom. The van der Waals surface area contributed by atoms with Crippen LogP contribution in [-0.2, 0) is 9.59 Å². The van der Waals surface area contributed by atoms with Crippen LogP contribution in [0.1, 0.15) is 45.1 Å². The van der Waals surface area contributed by atoms with E-state index in [1.54, 1.807) is 13.8 Å². The molecule has 0 aromatic heterocycles. The van der Waals surface area contributed by atoms with Crippen LogP contribution in [0.2, 0.25) is 0 Å². The van der Waals surface area contributed by atoms with E-state index in [0.29, 0.717) is 6.42 Å². The smallest absolute Gasteiger partial charge is 0.310 e. The third-order valence-corrected chi connectivity index (χ3v) is 5.97. The second kappa shape index (κ2) is 7.10. The van der Waals surface area contributed by atoms with Crippen LogP contribution in [0.4, 0.5) is 0 Å². The minimum Gasteiger partial charge on any atom is -0.481 e. The molecule has 3 rings (SSSR count). The Morgan fingerprint density at radius 1 is 1.08 bits per heavy atom. The third-order valence-electron chi connectivity index (χ3n) is 5.97.